The van der Waals surface area contributed by atoms with Crippen LogP contribution in [0.15, 0.2) is 60.8 Å². The van der Waals surface area contributed by atoms with Crippen LogP contribution in [0.3, 0.4) is 0 Å². The Labute approximate surface area is 231 Å². The van der Waals surface area contributed by atoms with E-state index in [0.29, 0.717) is 59.4 Å². The molecule has 1 aromatic heterocycles. The van der Waals surface area contributed by atoms with Gasteiger partial charge in [0, 0.05) is 0 Å². The third-order valence-corrected chi connectivity index (χ3v) is 6.52. The molecule has 10 heteroatoms. The fourth-order valence-corrected chi connectivity index (χ4v) is 4.68. The molecule has 1 N–H and O–H groups in total. The molecule has 0 aliphatic heterocycles. The van der Waals surface area contributed by atoms with Crippen LogP contribution in [0.1, 0.15) is 11.3 Å². The molecule has 4 aromatic carbocycles. The van der Waals surface area contributed by atoms with Crippen molar-refractivity contribution in [1.29, 1.82) is 0 Å². The summed E-state index contributed by atoms with van der Waals surface area (Å²) in [5, 5.41) is 24.4. The van der Waals surface area contributed by atoms with E-state index in [0.717, 1.165) is 11.3 Å². The molecular formula is C30H33N3O7. The lowest BCUT2D eigenvalue weighted by Gasteiger charge is -2.13. The summed E-state index contributed by atoms with van der Waals surface area (Å²) in [7, 11) is 0. The van der Waals surface area contributed by atoms with Gasteiger partial charge >= 0.3 is 5.97 Å². The number of hydrogen-bond donors (Lipinski definition) is 1. The summed E-state index contributed by atoms with van der Waals surface area (Å²) in [5.41, 5.74) is 1.93. The van der Waals surface area contributed by atoms with E-state index in [1.165, 1.54) is 32.3 Å². The summed E-state index contributed by atoms with van der Waals surface area (Å²) in [6, 6.07) is 19.5. The van der Waals surface area contributed by atoms with Gasteiger partial charge in [0.1, 0.15) is 12.3 Å². The van der Waals surface area contributed by atoms with E-state index in [1.54, 1.807) is 4.68 Å². The number of aromatic nitrogens is 3. The van der Waals surface area contributed by atoms with Crippen molar-refractivity contribution in [1.82, 2.24) is 15.0 Å². The molecule has 0 aliphatic rings. The average Bonchev–Trinajstić information content (AvgIpc) is 3.42. The van der Waals surface area contributed by atoms with Crippen LogP contribution >= 0.6 is 0 Å². The maximum absolute atomic E-state index is 10.3. The van der Waals surface area contributed by atoms with Crippen LogP contribution in [0.4, 0.5) is 0 Å². The predicted molar refractivity (Wildman–Crippen MR) is 150 cm³/mol. The van der Waals surface area contributed by atoms with Crippen molar-refractivity contribution in [3.63, 3.8) is 0 Å². The van der Waals surface area contributed by atoms with Crippen molar-refractivity contribution in [2.45, 2.75) is 19.8 Å². The van der Waals surface area contributed by atoms with Crippen LogP contribution < -0.4 is 0 Å². The molecule has 1 heterocycles. The fraction of sp³-hybridized carbons (Fsp3) is 0.367. The van der Waals surface area contributed by atoms with E-state index in [2.05, 4.69) is 64.9 Å². The van der Waals surface area contributed by atoms with Crippen molar-refractivity contribution in [2.75, 3.05) is 52.9 Å². The van der Waals surface area contributed by atoms with Gasteiger partial charge in [-0.25, -0.2) is 9.48 Å². The fourth-order valence-electron chi connectivity index (χ4n) is 4.68. The first kappa shape index (κ1) is 27.9. The Bertz CT molecular complexity index is 1500. The van der Waals surface area contributed by atoms with Crippen molar-refractivity contribution in [3.05, 3.63) is 72.1 Å². The maximum atomic E-state index is 10.3. The Morgan fingerprint density at radius 1 is 0.700 bits per heavy atom. The summed E-state index contributed by atoms with van der Waals surface area (Å²) in [5.74, 6) is -0.992. The third-order valence-electron chi connectivity index (χ3n) is 6.52. The second kappa shape index (κ2) is 14.1. The van der Waals surface area contributed by atoms with E-state index < -0.39 is 5.97 Å². The smallest absolute Gasteiger partial charge is 0.329 e. The largest absolute Gasteiger partial charge is 0.480 e. The molecule has 5 rings (SSSR count). The molecule has 0 amide bonds. The standard InChI is InChI=1S/C30H33N3O7/c34-28(35)21-39-17-16-38-15-14-37-13-12-36-11-10-33-18-26(31-32-33)20-40-19-25-7-6-24-5-4-22-2-1-3-23-8-9-27(25)30(24)29(22)23/h1-9,18H,10-17,19-21H2,(H,34,35). The minimum Gasteiger partial charge on any atom is -0.480 e. The highest BCUT2D eigenvalue weighted by Gasteiger charge is 2.11. The second-order valence-electron chi connectivity index (χ2n) is 9.33. The molecule has 0 bridgehead atoms. The Morgan fingerprint density at radius 2 is 1.32 bits per heavy atom. The first-order valence-electron chi connectivity index (χ1n) is 13.3. The van der Waals surface area contributed by atoms with E-state index in [1.807, 2.05) is 6.20 Å². The van der Waals surface area contributed by atoms with Gasteiger partial charge in [0.05, 0.1) is 72.2 Å². The number of aliphatic carboxylic acids is 1. The molecule has 0 atom stereocenters. The van der Waals surface area contributed by atoms with E-state index in [-0.39, 0.29) is 13.2 Å². The minimum absolute atomic E-state index is 0.243. The number of carbonyl (C=O) groups is 1. The maximum Gasteiger partial charge on any atom is 0.329 e. The Morgan fingerprint density at radius 3 is 2.05 bits per heavy atom. The zero-order chi connectivity index (χ0) is 27.6. The highest BCUT2D eigenvalue weighted by Crippen LogP contribution is 2.36. The van der Waals surface area contributed by atoms with Crippen LogP contribution in [0.5, 0.6) is 0 Å². The number of hydrogen-bond acceptors (Lipinski definition) is 8. The molecular weight excluding hydrogens is 514 g/mol. The van der Waals surface area contributed by atoms with Gasteiger partial charge in [0.15, 0.2) is 0 Å². The Balaban J connectivity index is 0.979. The van der Waals surface area contributed by atoms with E-state index >= 15 is 0 Å². The number of carboxylic acid groups (broad SMARTS) is 1. The highest BCUT2D eigenvalue weighted by atomic mass is 16.6. The molecule has 0 spiro atoms. The van der Waals surface area contributed by atoms with Gasteiger partial charge < -0.3 is 28.8 Å². The number of benzene rings is 4. The quantitative estimate of drug-likeness (QED) is 0.128. The normalized spacial score (nSPS) is 11.8. The van der Waals surface area contributed by atoms with Gasteiger partial charge in [-0.15, -0.1) is 5.10 Å². The molecule has 0 radical (unpaired) electrons. The van der Waals surface area contributed by atoms with Crippen LogP contribution in [-0.2, 0) is 48.2 Å². The lowest BCUT2D eigenvalue weighted by atomic mass is 9.92. The van der Waals surface area contributed by atoms with Crippen LogP contribution in [0.25, 0.3) is 32.3 Å². The lowest BCUT2D eigenvalue weighted by Crippen LogP contribution is -2.14. The second-order valence-corrected chi connectivity index (χ2v) is 9.33. The molecule has 0 saturated heterocycles. The van der Waals surface area contributed by atoms with Crippen molar-refractivity contribution in [3.8, 4) is 0 Å². The molecule has 0 fully saturated rings. The number of ether oxygens (including phenoxy) is 5. The molecule has 0 saturated carbocycles. The SMILES string of the molecule is O=C(O)COCCOCCOCCOCCn1cc(COCc2ccc3ccc4cccc5ccc2c3c45)nn1. The molecule has 5 aromatic rings. The zero-order valence-electron chi connectivity index (χ0n) is 22.3. The monoisotopic (exact) mass is 547 g/mol. The lowest BCUT2D eigenvalue weighted by molar-refractivity contribution is -0.142. The summed E-state index contributed by atoms with van der Waals surface area (Å²) in [6.07, 6.45) is 1.88. The zero-order valence-corrected chi connectivity index (χ0v) is 22.3. The topological polar surface area (TPSA) is 114 Å². The summed E-state index contributed by atoms with van der Waals surface area (Å²) < 4.78 is 29.0. The van der Waals surface area contributed by atoms with Crippen molar-refractivity contribution < 1.29 is 33.6 Å². The van der Waals surface area contributed by atoms with E-state index in [9.17, 15) is 4.79 Å². The first-order chi connectivity index (χ1) is 19.7. The van der Waals surface area contributed by atoms with Crippen LogP contribution in [0, 0.1) is 0 Å². The highest BCUT2D eigenvalue weighted by molar-refractivity contribution is 6.23. The Hall–Kier alpha value is -3.67. The number of nitrogens with zero attached hydrogens (tertiary/aromatic N) is 3. The average molecular weight is 548 g/mol. The minimum atomic E-state index is -0.992. The van der Waals surface area contributed by atoms with Crippen molar-refractivity contribution in [2.24, 2.45) is 0 Å². The first-order valence-corrected chi connectivity index (χ1v) is 13.3. The van der Waals surface area contributed by atoms with Crippen LogP contribution in [0.2, 0.25) is 0 Å². The van der Waals surface area contributed by atoms with Gasteiger partial charge in [-0.3, -0.25) is 0 Å². The van der Waals surface area contributed by atoms with Gasteiger partial charge in [-0.1, -0.05) is 59.8 Å². The van der Waals surface area contributed by atoms with E-state index in [4.69, 9.17) is 28.8 Å². The summed E-state index contributed by atoms with van der Waals surface area (Å²) in [6.45, 7) is 3.98. The third kappa shape index (κ3) is 7.29. The number of rotatable bonds is 18. The summed E-state index contributed by atoms with van der Waals surface area (Å²) >= 11 is 0. The van der Waals surface area contributed by atoms with Gasteiger partial charge in [-0.05, 0) is 37.9 Å². The molecule has 0 unspecified atom stereocenters. The van der Waals surface area contributed by atoms with Gasteiger partial charge in [0.25, 0.3) is 0 Å². The number of carboxylic acids is 1. The van der Waals surface area contributed by atoms with Gasteiger partial charge in [0.2, 0.25) is 0 Å². The Kier molecular flexibility index (Phi) is 9.83. The predicted octanol–water partition coefficient (Wildman–Crippen LogP) is 4.04. The summed E-state index contributed by atoms with van der Waals surface area (Å²) in [4.78, 5) is 10.3. The van der Waals surface area contributed by atoms with Crippen molar-refractivity contribution >= 4 is 38.3 Å². The molecule has 10 nitrogen and oxygen atoms in total. The van der Waals surface area contributed by atoms with Gasteiger partial charge in [-0.2, -0.15) is 0 Å². The molecule has 40 heavy (non-hydrogen) atoms. The molecule has 0 aliphatic carbocycles. The van der Waals surface area contributed by atoms with Crippen LogP contribution in [-0.4, -0.2) is 78.9 Å². The molecule has 210 valence electrons.